The van der Waals surface area contributed by atoms with Gasteiger partial charge in [0.25, 0.3) is 0 Å². The molecule has 0 saturated heterocycles. The predicted molar refractivity (Wildman–Crippen MR) is 84.4 cm³/mol. The lowest BCUT2D eigenvalue weighted by Crippen LogP contribution is -2.55. The number of nitrogens with one attached hydrogen (secondary N) is 1. The first-order valence-electron chi connectivity index (χ1n) is 7.87. The van der Waals surface area contributed by atoms with Crippen molar-refractivity contribution in [1.29, 1.82) is 0 Å². The molecule has 2 nitrogen and oxygen atoms in total. The number of benzene rings is 1. The monoisotopic (exact) mass is 298 g/mol. The zero-order chi connectivity index (χ0) is 16.0. The Hall–Kier alpha value is -1.00. The minimum atomic E-state index is -0.535. The first-order chi connectivity index (χ1) is 10.00. The SMILES string of the molecule is CCN(CC)C(CC)(CC)C(NC)c1ccc(F)cc1F. The van der Waals surface area contributed by atoms with Gasteiger partial charge >= 0.3 is 0 Å². The smallest absolute Gasteiger partial charge is 0.130 e. The maximum absolute atomic E-state index is 14.3. The number of likely N-dealkylation sites (N-methyl/N-ethyl adjacent to an activating group) is 2. The Balaban J connectivity index is 3.37. The average molecular weight is 298 g/mol. The lowest BCUT2D eigenvalue weighted by Gasteiger charge is -2.48. The normalized spacial score (nSPS) is 13.7. The molecular formula is C17H28F2N2. The van der Waals surface area contributed by atoms with Gasteiger partial charge in [-0.25, -0.2) is 8.78 Å². The number of rotatable bonds is 8. The van der Waals surface area contributed by atoms with Crippen molar-refractivity contribution in [2.75, 3.05) is 20.1 Å². The van der Waals surface area contributed by atoms with Crippen molar-refractivity contribution in [2.24, 2.45) is 0 Å². The Morgan fingerprint density at radius 2 is 1.67 bits per heavy atom. The summed E-state index contributed by atoms with van der Waals surface area (Å²) in [6.07, 6.45) is 1.79. The molecule has 1 atom stereocenters. The first-order valence-corrected chi connectivity index (χ1v) is 7.87. The number of nitrogens with zero attached hydrogens (tertiary/aromatic N) is 1. The van der Waals surface area contributed by atoms with E-state index in [1.807, 2.05) is 7.05 Å². The third kappa shape index (κ3) is 3.43. The molecule has 1 rings (SSSR count). The summed E-state index contributed by atoms with van der Waals surface area (Å²) in [5.41, 5.74) is 0.353. The molecule has 0 radical (unpaired) electrons. The van der Waals surface area contributed by atoms with Crippen LogP contribution in [0.25, 0.3) is 0 Å². The molecule has 0 fully saturated rings. The van der Waals surface area contributed by atoms with E-state index in [0.29, 0.717) is 5.56 Å². The number of hydrogen-bond donors (Lipinski definition) is 1. The van der Waals surface area contributed by atoms with E-state index in [1.165, 1.54) is 6.07 Å². The minimum absolute atomic E-state index is 0.173. The highest BCUT2D eigenvalue weighted by Gasteiger charge is 2.41. The topological polar surface area (TPSA) is 15.3 Å². The lowest BCUT2D eigenvalue weighted by atomic mass is 9.78. The summed E-state index contributed by atoms with van der Waals surface area (Å²) >= 11 is 0. The van der Waals surface area contributed by atoms with E-state index >= 15 is 0 Å². The molecule has 0 aliphatic carbocycles. The molecule has 0 amide bonds. The van der Waals surface area contributed by atoms with E-state index in [9.17, 15) is 8.78 Å². The van der Waals surface area contributed by atoms with Crippen LogP contribution in [0.3, 0.4) is 0 Å². The van der Waals surface area contributed by atoms with Crippen molar-refractivity contribution in [3.8, 4) is 0 Å². The van der Waals surface area contributed by atoms with Crippen molar-refractivity contribution in [3.63, 3.8) is 0 Å². The Bertz CT molecular complexity index is 440. The van der Waals surface area contributed by atoms with Gasteiger partial charge in [0, 0.05) is 17.2 Å². The van der Waals surface area contributed by atoms with Gasteiger partial charge in [-0.05, 0) is 39.0 Å². The number of hydrogen-bond acceptors (Lipinski definition) is 2. The lowest BCUT2D eigenvalue weighted by molar-refractivity contribution is 0.0502. The maximum Gasteiger partial charge on any atom is 0.130 e. The Morgan fingerprint density at radius 1 is 1.10 bits per heavy atom. The molecule has 21 heavy (non-hydrogen) atoms. The van der Waals surface area contributed by atoms with E-state index in [4.69, 9.17) is 0 Å². The second-order valence-electron chi connectivity index (χ2n) is 5.37. The van der Waals surface area contributed by atoms with E-state index in [0.717, 1.165) is 32.0 Å². The largest absolute Gasteiger partial charge is 0.311 e. The third-order valence-electron chi connectivity index (χ3n) is 4.72. The molecule has 0 spiro atoms. The van der Waals surface area contributed by atoms with Gasteiger partial charge in [0.2, 0.25) is 0 Å². The van der Waals surface area contributed by atoms with E-state index in [1.54, 1.807) is 6.07 Å². The minimum Gasteiger partial charge on any atom is -0.311 e. The Labute approximate surface area is 127 Å². The van der Waals surface area contributed by atoms with Gasteiger partial charge in [-0.2, -0.15) is 0 Å². The predicted octanol–water partition coefficient (Wildman–Crippen LogP) is 4.13. The molecule has 0 bridgehead atoms. The van der Waals surface area contributed by atoms with Crippen LogP contribution in [-0.4, -0.2) is 30.6 Å². The van der Waals surface area contributed by atoms with Crippen LogP contribution in [0.1, 0.15) is 52.1 Å². The molecule has 1 unspecified atom stereocenters. The molecular weight excluding hydrogens is 270 g/mol. The van der Waals surface area contributed by atoms with Gasteiger partial charge in [-0.15, -0.1) is 0 Å². The second-order valence-corrected chi connectivity index (χ2v) is 5.37. The summed E-state index contributed by atoms with van der Waals surface area (Å²) in [6, 6.07) is 3.70. The quantitative estimate of drug-likeness (QED) is 0.776. The van der Waals surface area contributed by atoms with Crippen LogP contribution in [-0.2, 0) is 0 Å². The molecule has 1 N–H and O–H groups in total. The van der Waals surface area contributed by atoms with Crippen molar-refractivity contribution in [3.05, 3.63) is 35.4 Å². The van der Waals surface area contributed by atoms with Crippen molar-refractivity contribution in [1.82, 2.24) is 10.2 Å². The summed E-state index contributed by atoms with van der Waals surface area (Å²) in [5, 5.41) is 3.27. The van der Waals surface area contributed by atoms with E-state index < -0.39 is 11.6 Å². The zero-order valence-electron chi connectivity index (χ0n) is 13.8. The summed E-state index contributed by atoms with van der Waals surface area (Å²) < 4.78 is 27.5. The maximum atomic E-state index is 14.3. The Morgan fingerprint density at radius 3 is 2.05 bits per heavy atom. The highest BCUT2D eigenvalue weighted by molar-refractivity contribution is 5.26. The zero-order valence-corrected chi connectivity index (χ0v) is 13.8. The fourth-order valence-corrected chi connectivity index (χ4v) is 3.59. The van der Waals surface area contributed by atoms with Crippen LogP contribution in [0.2, 0.25) is 0 Å². The third-order valence-corrected chi connectivity index (χ3v) is 4.72. The van der Waals surface area contributed by atoms with Crippen molar-refractivity contribution in [2.45, 2.75) is 52.1 Å². The summed E-state index contributed by atoms with van der Waals surface area (Å²) in [4.78, 5) is 2.37. The summed E-state index contributed by atoms with van der Waals surface area (Å²) in [6.45, 7) is 10.3. The molecule has 0 aromatic heterocycles. The molecule has 120 valence electrons. The van der Waals surface area contributed by atoms with Crippen molar-refractivity contribution < 1.29 is 8.78 Å². The summed E-state index contributed by atoms with van der Waals surface area (Å²) in [5.74, 6) is -1.01. The van der Waals surface area contributed by atoms with Crippen LogP contribution in [0.15, 0.2) is 18.2 Å². The van der Waals surface area contributed by atoms with Gasteiger partial charge in [0.15, 0.2) is 0 Å². The van der Waals surface area contributed by atoms with Gasteiger partial charge in [-0.1, -0.05) is 33.8 Å². The molecule has 0 heterocycles. The van der Waals surface area contributed by atoms with E-state index in [-0.39, 0.29) is 11.6 Å². The second kappa shape index (κ2) is 7.85. The highest BCUT2D eigenvalue weighted by Crippen LogP contribution is 2.38. The molecule has 4 heteroatoms. The average Bonchev–Trinajstić information content (AvgIpc) is 2.49. The van der Waals surface area contributed by atoms with Crippen LogP contribution in [0, 0.1) is 11.6 Å². The molecule has 0 saturated carbocycles. The van der Waals surface area contributed by atoms with Gasteiger partial charge < -0.3 is 5.32 Å². The Kier molecular flexibility index (Phi) is 6.75. The highest BCUT2D eigenvalue weighted by atomic mass is 19.1. The van der Waals surface area contributed by atoms with Crippen LogP contribution in [0.5, 0.6) is 0 Å². The first kappa shape index (κ1) is 18.1. The van der Waals surface area contributed by atoms with E-state index in [2.05, 4.69) is 37.9 Å². The van der Waals surface area contributed by atoms with Crippen LogP contribution < -0.4 is 5.32 Å². The molecule has 1 aromatic carbocycles. The van der Waals surface area contributed by atoms with Crippen molar-refractivity contribution >= 4 is 0 Å². The van der Waals surface area contributed by atoms with Gasteiger partial charge in [0.05, 0.1) is 6.04 Å². The van der Waals surface area contributed by atoms with Gasteiger partial charge in [0.1, 0.15) is 11.6 Å². The van der Waals surface area contributed by atoms with Crippen LogP contribution in [0.4, 0.5) is 8.78 Å². The molecule has 1 aromatic rings. The molecule has 0 aliphatic heterocycles. The number of halogens is 2. The standard InChI is InChI=1S/C17H28F2N2/c1-6-17(7-2,21(8-3)9-4)16(20-5)14-11-10-13(18)12-15(14)19/h10-12,16,20H,6-9H2,1-5H3. The fourth-order valence-electron chi connectivity index (χ4n) is 3.59. The summed E-state index contributed by atoms with van der Waals surface area (Å²) in [7, 11) is 1.84. The molecule has 0 aliphatic rings. The van der Waals surface area contributed by atoms with Gasteiger partial charge in [-0.3, -0.25) is 4.90 Å². The fraction of sp³-hybridized carbons (Fsp3) is 0.647. The van der Waals surface area contributed by atoms with Crippen LogP contribution >= 0.6 is 0 Å².